The minimum Gasteiger partial charge on any atom is -0.338 e. The molecule has 0 unspecified atom stereocenters. The maximum Gasteiger partial charge on any atom is 0.253 e. The van der Waals surface area contributed by atoms with Gasteiger partial charge in [0.25, 0.3) is 11.9 Å². The van der Waals surface area contributed by atoms with Crippen LogP contribution in [0.25, 0.3) is 16.9 Å². The molecule has 3 aromatic heterocycles. The normalized spacial score (nSPS) is 16.9. The van der Waals surface area contributed by atoms with Crippen LogP contribution < -0.4 is 4.90 Å². The molecule has 0 bridgehead atoms. The average Bonchev–Trinajstić information content (AvgIpc) is 3.46. The molecule has 2 aliphatic rings. The minimum atomic E-state index is -0.498. The first-order chi connectivity index (χ1) is 18.1. The number of rotatable bonds is 7. The first-order valence-corrected chi connectivity index (χ1v) is 12.5. The Morgan fingerprint density at radius 1 is 1.14 bits per heavy atom. The van der Waals surface area contributed by atoms with Crippen LogP contribution >= 0.6 is 0 Å². The highest BCUT2D eigenvalue weighted by Crippen LogP contribution is 2.35. The molecule has 1 aromatic carbocycles. The van der Waals surface area contributed by atoms with Crippen molar-refractivity contribution in [3.05, 3.63) is 66.5 Å². The second kappa shape index (κ2) is 9.17. The Balaban J connectivity index is 1.27. The Bertz CT molecular complexity index is 1490. The predicted octanol–water partition coefficient (Wildman–Crippen LogP) is 3.26. The molecule has 2 fully saturated rings. The minimum absolute atomic E-state index is 0.0107. The van der Waals surface area contributed by atoms with Crippen molar-refractivity contribution in [2.24, 2.45) is 0 Å². The van der Waals surface area contributed by atoms with Crippen molar-refractivity contribution in [2.75, 3.05) is 18.0 Å². The van der Waals surface area contributed by atoms with Gasteiger partial charge in [-0.1, -0.05) is 24.3 Å². The molecule has 37 heavy (non-hydrogen) atoms. The van der Waals surface area contributed by atoms with Crippen LogP contribution in [0.1, 0.15) is 42.5 Å². The lowest BCUT2D eigenvalue weighted by Crippen LogP contribution is -2.48. The van der Waals surface area contributed by atoms with Crippen molar-refractivity contribution in [1.82, 2.24) is 29.3 Å². The molecule has 6 rings (SSSR count). The lowest BCUT2D eigenvalue weighted by Gasteiger charge is -2.40. The Morgan fingerprint density at radius 3 is 2.62 bits per heavy atom. The number of benzene rings is 1. The van der Waals surface area contributed by atoms with E-state index in [1.807, 2.05) is 64.3 Å². The quantitative estimate of drug-likeness (QED) is 0.365. The molecule has 186 valence electrons. The molecule has 0 N–H and O–H groups in total. The van der Waals surface area contributed by atoms with Gasteiger partial charge in [-0.2, -0.15) is 15.3 Å². The summed E-state index contributed by atoms with van der Waals surface area (Å²) in [6.07, 6.45) is 8.00. The smallest absolute Gasteiger partial charge is 0.253 e. The topological polar surface area (TPSA) is 112 Å². The standard InChI is InChI=1S/C27H26N8O2/c28-14-11-27(12-15-32(16-13-27)25(37)20-5-2-1-3-6-20)34-18-21(17-29-34)23-7-4-8-24-30-26(31-35(23)24)33(19-36)22-9-10-22/h1-8,17-19,22H,9-13,15-16H2. The molecule has 1 aliphatic carbocycles. The van der Waals surface area contributed by atoms with Crippen molar-refractivity contribution in [3.63, 3.8) is 0 Å². The second-order valence-electron chi connectivity index (χ2n) is 9.73. The predicted molar refractivity (Wildman–Crippen MR) is 136 cm³/mol. The molecule has 10 nitrogen and oxygen atoms in total. The van der Waals surface area contributed by atoms with E-state index in [1.54, 1.807) is 15.6 Å². The van der Waals surface area contributed by atoms with Crippen LogP contribution in [0.3, 0.4) is 0 Å². The van der Waals surface area contributed by atoms with E-state index >= 15 is 0 Å². The monoisotopic (exact) mass is 494 g/mol. The zero-order chi connectivity index (χ0) is 25.4. The Kier molecular flexibility index (Phi) is 5.68. The highest BCUT2D eigenvalue weighted by Gasteiger charge is 2.39. The SMILES string of the molecule is N#CCC1(n2cc(-c3cccc4nc(N(C=O)C5CC5)nn34)cn2)CCN(C(=O)c2ccccc2)CC1. The van der Waals surface area contributed by atoms with Crippen LogP contribution in [-0.4, -0.2) is 60.7 Å². The van der Waals surface area contributed by atoms with Gasteiger partial charge in [0.05, 0.1) is 29.9 Å². The van der Waals surface area contributed by atoms with Gasteiger partial charge in [-0.3, -0.25) is 19.2 Å². The number of amides is 2. The van der Waals surface area contributed by atoms with E-state index in [1.165, 1.54) is 0 Å². The first kappa shape index (κ1) is 22.9. The molecular weight excluding hydrogens is 468 g/mol. The van der Waals surface area contributed by atoms with Gasteiger partial charge in [0.15, 0.2) is 5.65 Å². The molecule has 10 heteroatoms. The summed E-state index contributed by atoms with van der Waals surface area (Å²) in [4.78, 5) is 32.5. The summed E-state index contributed by atoms with van der Waals surface area (Å²) >= 11 is 0. The number of anilines is 1. The number of nitriles is 1. The van der Waals surface area contributed by atoms with Gasteiger partial charge in [0.2, 0.25) is 6.41 Å². The van der Waals surface area contributed by atoms with Crippen molar-refractivity contribution in [1.29, 1.82) is 5.26 Å². The highest BCUT2D eigenvalue weighted by molar-refractivity contribution is 5.94. The molecular formula is C27H26N8O2. The van der Waals surface area contributed by atoms with Crippen LogP contribution in [0.2, 0.25) is 0 Å². The van der Waals surface area contributed by atoms with Crippen molar-refractivity contribution in [2.45, 2.75) is 43.7 Å². The van der Waals surface area contributed by atoms with Gasteiger partial charge in [-0.05, 0) is 49.9 Å². The number of carbonyl (C=O) groups is 2. The Morgan fingerprint density at radius 2 is 1.92 bits per heavy atom. The maximum absolute atomic E-state index is 12.9. The number of aromatic nitrogens is 5. The summed E-state index contributed by atoms with van der Waals surface area (Å²) in [5.74, 6) is 0.408. The number of carbonyl (C=O) groups excluding carboxylic acids is 2. The van der Waals surface area contributed by atoms with E-state index in [-0.39, 0.29) is 11.9 Å². The number of piperidine rings is 1. The largest absolute Gasteiger partial charge is 0.338 e. The lowest BCUT2D eigenvalue weighted by molar-refractivity contribution is -0.107. The van der Waals surface area contributed by atoms with Gasteiger partial charge in [0.1, 0.15) is 0 Å². The Hall–Kier alpha value is -4.52. The van der Waals surface area contributed by atoms with E-state index in [0.29, 0.717) is 49.5 Å². The van der Waals surface area contributed by atoms with E-state index in [9.17, 15) is 14.9 Å². The number of hydrogen-bond acceptors (Lipinski definition) is 6. The zero-order valence-electron chi connectivity index (χ0n) is 20.3. The van der Waals surface area contributed by atoms with Crippen molar-refractivity contribution in [3.8, 4) is 17.3 Å². The Labute approximate surface area is 213 Å². The summed E-state index contributed by atoms with van der Waals surface area (Å²) in [5.41, 5.74) is 2.46. The van der Waals surface area contributed by atoms with Crippen LogP contribution in [0, 0.1) is 11.3 Å². The lowest BCUT2D eigenvalue weighted by atomic mass is 9.84. The van der Waals surface area contributed by atoms with Crippen molar-refractivity contribution >= 4 is 23.9 Å². The van der Waals surface area contributed by atoms with Gasteiger partial charge in [-0.25, -0.2) is 4.52 Å². The zero-order valence-corrected chi connectivity index (χ0v) is 20.3. The summed E-state index contributed by atoms with van der Waals surface area (Å²) < 4.78 is 3.61. The van der Waals surface area contributed by atoms with Gasteiger partial charge in [0, 0.05) is 36.5 Å². The third kappa shape index (κ3) is 4.12. The average molecular weight is 495 g/mol. The molecule has 2 amide bonds. The third-order valence-electron chi connectivity index (χ3n) is 7.41. The second-order valence-corrected chi connectivity index (χ2v) is 9.73. The summed E-state index contributed by atoms with van der Waals surface area (Å²) in [6, 6.07) is 17.5. The number of hydrogen-bond donors (Lipinski definition) is 0. The van der Waals surface area contributed by atoms with Gasteiger partial charge < -0.3 is 4.90 Å². The van der Waals surface area contributed by atoms with E-state index in [2.05, 4.69) is 21.3 Å². The van der Waals surface area contributed by atoms with Crippen LogP contribution in [0.4, 0.5) is 5.95 Å². The van der Waals surface area contributed by atoms with Crippen LogP contribution in [-0.2, 0) is 10.3 Å². The maximum atomic E-state index is 12.9. The fourth-order valence-corrected chi connectivity index (χ4v) is 5.11. The molecule has 0 radical (unpaired) electrons. The molecule has 1 saturated carbocycles. The van der Waals surface area contributed by atoms with E-state index < -0.39 is 5.54 Å². The number of nitrogens with zero attached hydrogens (tertiary/aromatic N) is 8. The molecule has 1 saturated heterocycles. The van der Waals surface area contributed by atoms with Gasteiger partial charge >= 0.3 is 0 Å². The fourth-order valence-electron chi connectivity index (χ4n) is 5.11. The molecule has 4 heterocycles. The number of pyridine rings is 1. The fraction of sp³-hybridized carbons (Fsp3) is 0.333. The molecule has 0 spiro atoms. The number of fused-ring (bicyclic) bond motifs is 1. The van der Waals surface area contributed by atoms with Gasteiger partial charge in [-0.15, -0.1) is 5.10 Å². The third-order valence-corrected chi connectivity index (χ3v) is 7.41. The molecule has 0 atom stereocenters. The first-order valence-electron chi connectivity index (χ1n) is 12.5. The molecule has 4 aromatic rings. The number of likely N-dealkylation sites (tertiary alicyclic amines) is 1. The summed E-state index contributed by atoms with van der Waals surface area (Å²) in [6.45, 7) is 1.10. The molecule has 1 aliphatic heterocycles. The van der Waals surface area contributed by atoms with Crippen LogP contribution in [0.5, 0.6) is 0 Å². The van der Waals surface area contributed by atoms with Crippen LogP contribution in [0.15, 0.2) is 60.9 Å². The van der Waals surface area contributed by atoms with E-state index in [4.69, 9.17) is 0 Å². The van der Waals surface area contributed by atoms with Crippen molar-refractivity contribution < 1.29 is 9.59 Å². The van der Waals surface area contributed by atoms with E-state index in [0.717, 1.165) is 30.5 Å². The summed E-state index contributed by atoms with van der Waals surface area (Å²) in [7, 11) is 0. The summed E-state index contributed by atoms with van der Waals surface area (Å²) in [5, 5.41) is 19.0. The highest BCUT2D eigenvalue weighted by atomic mass is 16.2.